The van der Waals surface area contributed by atoms with Crippen LogP contribution >= 0.6 is 0 Å². The standard InChI is InChI=1S/C16H17N3O2/c20-16(15-11-21-15)18(13-6-7-13)10-12-2-4-14(5-3-12)19-9-1-8-17-19/h1-5,8-9,13,15H,6-7,10-11H2. The van der Waals surface area contributed by atoms with Gasteiger partial charge in [0, 0.05) is 25.0 Å². The average Bonchev–Trinajstić information content (AvgIpc) is 3.44. The molecule has 0 bridgehead atoms. The molecule has 1 saturated carbocycles. The van der Waals surface area contributed by atoms with Crippen LogP contribution in [0.4, 0.5) is 0 Å². The Labute approximate surface area is 123 Å². The van der Waals surface area contributed by atoms with Crippen LogP contribution in [0.5, 0.6) is 0 Å². The fraction of sp³-hybridized carbons (Fsp3) is 0.375. The van der Waals surface area contributed by atoms with E-state index >= 15 is 0 Å². The van der Waals surface area contributed by atoms with Crippen molar-refractivity contribution in [1.82, 2.24) is 14.7 Å². The highest BCUT2D eigenvalue weighted by Gasteiger charge is 2.41. The number of carbonyl (C=O) groups is 1. The number of amides is 1. The smallest absolute Gasteiger partial charge is 0.254 e. The van der Waals surface area contributed by atoms with E-state index in [2.05, 4.69) is 17.2 Å². The molecule has 0 spiro atoms. The third kappa shape index (κ3) is 2.69. The summed E-state index contributed by atoms with van der Waals surface area (Å²) in [6.45, 7) is 1.25. The molecule has 1 aliphatic heterocycles. The summed E-state index contributed by atoms with van der Waals surface area (Å²) >= 11 is 0. The SMILES string of the molecule is O=C(C1CO1)N(Cc1ccc(-n2cccn2)cc1)C1CC1. The van der Waals surface area contributed by atoms with Gasteiger partial charge in [0.1, 0.15) is 0 Å². The second kappa shape index (κ2) is 5.00. The first-order valence-corrected chi connectivity index (χ1v) is 7.32. The van der Waals surface area contributed by atoms with Gasteiger partial charge in [0.2, 0.25) is 0 Å². The first-order valence-electron chi connectivity index (χ1n) is 7.32. The lowest BCUT2D eigenvalue weighted by molar-refractivity contribution is -0.133. The maximum absolute atomic E-state index is 12.2. The molecule has 21 heavy (non-hydrogen) atoms. The highest BCUT2D eigenvalue weighted by atomic mass is 16.6. The lowest BCUT2D eigenvalue weighted by Gasteiger charge is -2.21. The molecule has 0 radical (unpaired) electrons. The van der Waals surface area contributed by atoms with Crippen LogP contribution in [0.2, 0.25) is 0 Å². The van der Waals surface area contributed by atoms with Crippen LogP contribution < -0.4 is 0 Å². The van der Waals surface area contributed by atoms with E-state index in [1.54, 1.807) is 6.20 Å². The van der Waals surface area contributed by atoms with Gasteiger partial charge < -0.3 is 9.64 Å². The molecular formula is C16H17N3O2. The van der Waals surface area contributed by atoms with Crippen molar-refractivity contribution in [3.63, 3.8) is 0 Å². The molecule has 4 rings (SSSR count). The van der Waals surface area contributed by atoms with Gasteiger partial charge in [-0.15, -0.1) is 0 Å². The number of benzene rings is 1. The predicted molar refractivity (Wildman–Crippen MR) is 76.9 cm³/mol. The normalized spacial score (nSPS) is 20.3. The van der Waals surface area contributed by atoms with Crippen LogP contribution in [0.3, 0.4) is 0 Å². The second-order valence-electron chi connectivity index (χ2n) is 5.64. The highest BCUT2D eigenvalue weighted by Crippen LogP contribution is 2.30. The highest BCUT2D eigenvalue weighted by molar-refractivity contribution is 5.83. The monoisotopic (exact) mass is 283 g/mol. The topological polar surface area (TPSA) is 50.7 Å². The van der Waals surface area contributed by atoms with Crippen molar-refractivity contribution in [2.75, 3.05) is 6.61 Å². The van der Waals surface area contributed by atoms with Crippen molar-refractivity contribution < 1.29 is 9.53 Å². The molecular weight excluding hydrogens is 266 g/mol. The van der Waals surface area contributed by atoms with Crippen LogP contribution in [-0.4, -0.2) is 39.3 Å². The summed E-state index contributed by atoms with van der Waals surface area (Å²) in [6, 6.07) is 10.5. The summed E-state index contributed by atoms with van der Waals surface area (Å²) in [7, 11) is 0. The Kier molecular flexibility index (Phi) is 3.00. The summed E-state index contributed by atoms with van der Waals surface area (Å²) in [4.78, 5) is 14.2. The Morgan fingerprint density at radius 1 is 1.33 bits per heavy atom. The zero-order chi connectivity index (χ0) is 14.2. The maximum atomic E-state index is 12.2. The van der Waals surface area contributed by atoms with Crippen molar-refractivity contribution in [1.29, 1.82) is 0 Å². The van der Waals surface area contributed by atoms with Crippen molar-refractivity contribution in [3.8, 4) is 5.69 Å². The van der Waals surface area contributed by atoms with Gasteiger partial charge in [0.25, 0.3) is 5.91 Å². The molecule has 1 saturated heterocycles. The van der Waals surface area contributed by atoms with Gasteiger partial charge in [-0.25, -0.2) is 4.68 Å². The van der Waals surface area contributed by atoms with Crippen molar-refractivity contribution in [2.24, 2.45) is 0 Å². The van der Waals surface area contributed by atoms with Gasteiger partial charge in [-0.1, -0.05) is 12.1 Å². The van der Waals surface area contributed by atoms with Gasteiger partial charge in [-0.3, -0.25) is 4.79 Å². The Bertz CT molecular complexity index is 628. The predicted octanol–water partition coefficient (Wildman–Crippen LogP) is 1.76. The Morgan fingerprint density at radius 2 is 2.10 bits per heavy atom. The number of hydrogen-bond donors (Lipinski definition) is 0. The van der Waals surface area contributed by atoms with Crippen molar-refractivity contribution >= 4 is 5.91 Å². The molecule has 1 aliphatic carbocycles. The molecule has 2 fully saturated rings. The summed E-state index contributed by atoms with van der Waals surface area (Å²) in [5.74, 6) is 0.147. The number of carbonyl (C=O) groups excluding carboxylic acids is 1. The molecule has 2 heterocycles. The molecule has 1 atom stereocenters. The minimum absolute atomic E-state index is 0.147. The molecule has 5 heteroatoms. The third-order valence-corrected chi connectivity index (χ3v) is 3.94. The van der Waals surface area contributed by atoms with E-state index in [-0.39, 0.29) is 12.0 Å². The van der Waals surface area contributed by atoms with Crippen molar-refractivity contribution in [3.05, 3.63) is 48.3 Å². The fourth-order valence-corrected chi connectivity index (χ4v) is 2.52. The first-order chi connectivity index (χ1) is 10.3. The number of rotatable bonds is 5. The molecule has 1 aromatic carbocycles. The van der Waals surface area contributed by atoms with E-state index in [1.165, 1.54) is 0 Å². The number of epoxide rings is 1. The molecule has 108 valence electrons. The van der Waals surface area contributed by atoms with Gasteiger partial charge in [-0.05, 0) is 36.6 Å². The molecule has 5 nitrogen and oxygen atoms in total. The summed E-state index contributed by atoms with van der Waals surface area (Å²) in [6.07, 6.45) is 5.72. The Balaban J connectivity index is 1.49. The minimum atomic E-state index is -0.186. The maximum Gasteiger partial charge on any atom is 0.254 e. The van der Waals surface area contributed by atoms with E-state index in [9.17, 15) is 4.79 Å². The lowest BCUT2D eigenvalue weighted by atomic mass is 10.2. The summed E-state index contributed by atoms with van der Waals surface area (Å²) in [5.41, 5.74) is 2.17. The number of hydrogen-bond acceptors (Lipinski definition) is 3. The van der Waals surface area contributed by atoms with Gasteiger partial charge in [0.15, 0.2) is 6.10 Å². The molecule has 1 unspecified atom stereocenters. The van der Waals surface area contributed by atoms with E-state index in [1.807, 2.05) is 34.0 Å². The molecule has 1 aromatic heterocycles. The van der Waals surface area contributed by atoms with Crippen LogP contribution in [0.1, 0.15) is 18.4 Å². The van der Waals surface area contributed by atoms with Gasteiger partial charge in [-0.2, -0.15) is 5.10 Å². The quantitative estimate of drug-likeness (QED) is 0.786. The van der Waals surface area contributed by atoms with E-state index in [0.717, 1.165) is 24.1 Å². The largest absolute Gasteiger partial charge is 0.363 e. The zero-order valence-corrected chi connectivity index (χ0v) is 11.7. The van der Waals surface area contributed by atoms with Crippen LogP contribution in [-0.2, 0) is 16.1 Å². The minimum Gasteiger partial charge on any atom is -0.363 e. The number of ether oxygens (including phenoxy) is 1. The van der Waals surface area contributed by atoms with Gasteiger partial charge >= 0.3 is 0 Å². The Morgan fingerprint density at radius 3 is 2.67 bits per heavy atom. The molecule has 0 N–H and O–H groups in total. The summed E-state index contributed by atoms with van der Waals surface area (Å²) in [5, 5.41) is 4.21. The van der Waals surface area contributed by atoms with Crippen LogP contribution in [0.15, 0.2) is 42.7 Å². The third-order valence-electron chi connectivity index (χ3n) is 3.94. The Hall–Kier alpha value is -2.14. The molecule has 2 aromatic rings. The van der Waals surface area contributed by atoms with Crippen LogP contribution in [0.25, 0.3) is 5.69 Å². The number of aromatic nitrogens is 2. The zero-order valence-electron chi connectivity index (χ0n) is 11.7. The molecule has 2 aliphatic rings. The van der Waals surface area contributed by atoms with Crippen LogP contribution in [0, 0.1) is 0 Å². The number of nitrogens with zero attached hydrogens (tertiary/aromatic N) is 3. The fourth-order valence-electron chi connectivity index (χ4n) is 2.52. The average molecular weight is 283 g/mol. The molecule has 1 amide bonds. The lowest BCUT2D eigenvalue weighted by Crippen LogP contribution is -2.35. The van der Waals surface area contributed by atoms with Crippen molar-refractivity contribution in [2.45, 2.75) is 31.5 Å². The van der Waals surface area contributed by atoms with Gasteiger partial charge in [0.05, 0.1) is 12.3 Å². The summed E-state index contributed by atoms with van der Waals surface area (Å²) < 4.78 is 6.96. The van der Waals surface area contributed by atoms with E-state index in [0.29, 0.717) is 19.2 Å². The van der Waals surface area contributed by atoms with E-state index in [4.69, 9.17) is 4.74 Å². The van der Waals surface area contributed by atoms with E-state index < -0.39 is 0 Å². The second-order valence-corrected chi connectivity index (χ2v) is 5.64. The first kappa shape index (κ1) is 12.6.